The van der Waals surface area contributed by atoms with Crippen molar-refractivity contribution in [2.75, 3.05) is 13.1 Å². The fraction of sp³-hybridized carbons (Fsp3) is 0.750. The number of piperidine rings is 1. The molecule has 3 heterocycles. The summed E-state index contributed by atoms with van der Waals surface area (Å²) in [5, 5.41) is 4.06. The minimum Gasteiger partial charge on any atom is -0.317 e. The number of fused-ring (bicyclic) bond motifs is 1. The van der Waals surface area contributed by atoms with E-state index in [-0.39, 0.29) is 6.17 Å². The summed E-state index contributed by atoms with van der Waals surface area (Å²) in [6.07, 6.45) is 5.53. The van der Waals surface area contributed by atoms with Crippen LogP contribution in [0.15, 0.2) is 0 Å². The number of rotatable bonds is 1. The molecule has 94 valence electrons. The van der Waals surface area contributed by atoms with Crippen LogP contribution in [0, 0.1) is 0 Å². The Kier molecular flexibility index (Phi) is 3.11. The molecule has 0 saturated carbocycles. The zero-order valence-corrected chi connectivity index (χ0v) is 10.7. The van der Waals surface area contributed by atoms with Gasteiger partial charge in [-0.05, 0) is 45.2 Å². The molecule has 0 aliphatic carbocycles. The third-order valence-electron chi connectivity index (χ3n) is 3.94. The van der Waals surface area contributed by atoms with Crippen LogP contribution in [-0.4, -0.2) is 22.6 Å². The number of hydrogen-bond donors (Lipinski definition) is 2. The van der Waals surface area contributed by atoms with Crippen molar-refractivity contribution in [3.63, 3.8) is 0 Å². The first kappa shape index (κ1) is 11.5. The van der Waals surface area contributed by atoms with Gasteiger partial charge in [0.15, 0.2) is 5.15 Å². The van der Waals surface area contributed by atoms with Crippen LogP contribution in [0.5, 0.6) is 0 Å². The monoisotopic (exact) mass is 254 g/mol. The van der Waals surface area contributed by atoms with Crippen molar-refractivity contribution < 1.29 is 0 Å². The number of nitrogens with one attached hydrogen (secondary N) is 1. The summed E-state index contributed by atoms with van der Waals surface area (Å²) in [7, 11) is 0. The summed E-state index contributed by atoms with van der Waals surface area (Å²) < 4.78 is 2.21. The molecule has 1 aromatic rings. The van der Waals surface area contributed by atoms with Gasteiger partial charge in [-0.25, -0.2) is 4.98 Å². The largest absolute Gasteiger partial charge is 0.317 e. The molecule has 1 aromatic heterocycles. The van der Waals surface area contributed by atoms with Crippen molar-refractivity contribution in [3.8, 4) is 0 Å². The predicted molar refractivity (Wildman–Crippen MR) is 68.2 cm³/mol. The molecule has 2 aliphatic rings. The maximum Gasteiger partial charge on any atom is 0.150 e. The Morgan fingerprint density at radius 3 is 2.82 bits per heavy atom. The van der Waals surface area contributed by atoms with Crippen LogP contribution in [0.25, 0.3) is 0 Å². The number of hydrogen-bond acceptors (Lipinski definition) is 3. The van der Waals surface area contributed by atoms with Crippen molar-refractivity contribution in [1.29, 1.82) is 0 Å². The Morgan fingerprint density at radius 2 is 2.06 bits per heavy atom. The summed E-state index contributed by atoms with van der Waals surface area (Å²) in [4.78, 5) is 4.59. The van der Waals surface area contributed by atoms with Crippen LogP contribution in [0.2, 0.25) is 5.15 Å². The topological polar surface area (TPSA) is 55.9 Å². The third kappa shape index (κ3) is 1.98. The predicted octanol–water partition coefficient (Wildman–Crippen LogP) is 1.80. The van der Waals surface area contributed by atoms with E-state index in [9.17, 15) is 0 Å². The first-order valence-corrected chi connectivity index (χ1v) is 6.88. The first-order chi connectivity index (χ1) is 8.27. The van der Waals surface area contributed by atoms with Gasteiger partial charge < -0.3 is 15.6 Å². The van der Waals surface area contributed by atoms with E-state index in [2.05, 4.69) is 14.9 Å². The smallest absolute Gasteiger partial charge is 0.150 e. The molecule has 0 spiro atoms. The Balaban J connectivity index is 1.98. The van der Waals surface area contributed by atoms with Gasteiger partial charge in [0.1, 0.15) is 5.82 Å². The normalized spacial score (nSPS) is 25.9. The number of imidazole rings is 1. The second-order valence-corrected chi connectivity index (χ2v) is 5.42. The highest BCUT2D eigenvalue weighted by molar-refractivity contribution is 6.30. The zero-order chi connectivity index (χ0) is 11.8. The van der Waals surface area contributed by atoms with E-state index in [0.717, 1.165) is 56.7 Å². The van der Waals surface area contributed by atoms with E-state index in [1.807, 2.05) is 0 Å². The van der Waals surface area contributed by atoms with Gasteiger partial charge in [0.2, 0.25) is 0 Å². The van der Waals surface area contributed by atoms with Crippen LogP contribution in [0.3, 0.4) is 0 Å². The SMILES string of the molecule is NC1CCCc2c(Cl)nc(C3CCNCC3)n21. The number of aromatic nitrogens is 2. The Morgan fingerprint density at radius 1 is 1.29 bits per heavy atom. The van der Waals surface area contributed by atoms with Gasteiger partial charge in [0.05, 0.1) is 11.9 Å². The van der Waals surface area contributed by atoms with Gasteiger partial charge in [-0.2, -0.15) is 0 Å². The molecule has 1 fully saturated rings. The molecule has 17 heavy (non-hydrogen) atoms. The van der Waals surface area contributed by atoms with E-state index < -0.39 is 0 Å². The molecule has 1 saturated heterocycles. The zero-order valence-electron chi connectivity index (χ0n) is 9.95. The summed E-state index contributed by atoms with van der Waals surface area (Å²) in [6.45, 7) is 2.14. The van der Waals surface area contributed by atoms with Gasteiger partial charge in [-0.15, -0.1) is 0 Å². The molecule has 5 heteroatoms. The molecule has 0 aromatic carbocycles. The standard InChI is InChI=1S/C12H19ClN4/c13-11-9-2-1-3-10(14)17(9)12(16-11)8-4-6-15-7-5-8/h8,10,15H,1-7,14H2. The second kappa shape index (κ2) is 4.59. The molecule has 1 unspecified atom stereocenters. The van der Waals surface area contributed by atoms with Crippen LogP contribution in [-0.2, 0) is 6.42 Å². The third-order valence-corrected chi connectivity index (χ3v) is 4.24. The second-order valence-electron chi connectivity index (χ2n) is 5.06. The summed E-state index contributed by atoms with van der Waals surface area (Å²) >= 11 is 6.24. The van der Waals surface area contributed by atoms with E-state index in [4.69, 9.17) is 17.3 Å². The van der Waals surface area contributed by atoms with Gasteiger partial charge in [0, 0.05) is 5.92 Å². The van der Waals surface area contributed by atoms with E-state index >= 15 is 0 Å². The fourth-order valence-electron chi connectivity index (χ4n) is 3.03. The molecule has 3 N–H and O–H groups in total. The molecule has 0 amide bonds. The minimum absolute atomic E-state index is 0.0728. The van der Waals surface area contributed by atoms with Crippen molar-refractivity contribution in [2.45, 2.75) is 44.2 Å². The van der Waals surface area contributed by atoms with Crippen molar-refractivity contribution in [3.05, 3.63) is 16.7 Å². The van der Waals surface area contributed by atoms with Gasteiger partial charge in [-0.1, -0.05) is 11.6 Å². The van der Waals surface area contributed by atoms with Gasteiger partial charge >= 0.3 is 0 Å². The maximum absolute atomic E-state index is 6.24. The molecule has 3 rings (SSSR count). The molecule has 2 aliphatic heterocycles. The van der Waals surface area contributed by atoms with E-state index in [1.54, 1.807) is 0 Å². The van der Waals surface area contributed by atoms with Crippen LogP contribution >= 0.6 is 11.6 Å². The van der Waals surface area contributed by atoms with Crippen LogP contribution in [0.1, 0.15) is 49.3 Å². The average molecular weight is 255 g/mol. The van der Waals surface area contributed by atoms with Gasteiger partial charge in [-0.3, -0.25) is 0 Å². The Bertz CT molecular complexity index is 409. The molecule has 4 nitrogen and oxygen atoms in total. The first-order valence-electron chi connectivity index (χ1n) is 6.50. The lowest BCUT2D eigenvalue weighted by Gasteiger charge is -2.28. The molecule has 0 bridgehead atoms. The number of nitrogens with two attached hydrogens (primary N) is 1. The van der Waals surface area contributed by atoms with Gasteiger partial charge in [0.25, 0.3) is 0 Å². The Labute approximate surface area is 107 Å². The molecule has 0 radical (unpaired) electrons. The molecular formula is C12H19ClN4. The quantitative estimate of drug-likeness (QED) is 0.804. The highest BCUT2D eigenvalue weighted by Crippen LogP contribution is 2.34. The summed E-state index contributed by atoms with van der Waals surface area (Å²) in [5.41, 5.74) is 7.37. The highest BCUT2D eigenvalue weighted by Gasteiger charge is 2.28. The number of halogens is 1. The molecule has 1 atom stereocenters. The van der Waals surface area contributed by atoms with Crippen LogP contribution in [0.4, 0.5) is 0 Å². The average Bonchev–Trinajstić information content (AvgIpc) is 2.70. The lowest BCUT2D eigenvalue weighted by molar-refractivity contribution is 0.367. The van der Waals surface area contributed by atoms with E-state index in [1.165, 1.54) is 0 Å². The highest BCUT2D eigenvalue weighted by atomic mass is 35.5. The maximum atomic E-state index is 6.24. The molecular weight excluding hydrogens is 236 g/mol. The van der Waals surface area contributed by atoms with E-state index in [0.29, 0.717) is 11.1 Å². The summed E-state index contributed by atoms with van der Waals surface area (Å²) in [5.74, 6) is 1.64. The lowest BCUT2D eigenvalue weighted by Crippen LogP contribution is -2.31. The lowest BCUT2D eigenvalue weighted by atomic mass is 9.96. The van der Waals surface area contributed by atoms with Crippen molar-refractivity contribution in [2.24, 2.45) is 5.73 Å². The van der Waals surface area contributed by atoms with Crippen molar-refractivity contribution >= 4 is 11.6 Å². The number of nitrogens with zero attached hydrogens (tertiary/aromatic N) is 2. The minimum atomic E-state index is 0.0728. The summed E-state index contributed by atoms with van der Waals surface area (Å²) in [6, 6.07) is 0. The Hall–Kier alpha value is -0.580. The van der Waals surface area contributed by atoms with Crippen LogP contribution < -0.4 is 11.1 Å². The fourth-order valence-corrected chi connectivity index (χ4v) is 3.30. The van der Waals surface area contributed by atoms with Crippen molar-refractivity contribution in [1.82, 2.24) is 14.9 Å².